The minimum absolute atomic E-state index is 0.143. The van der Waals surface area contributed by atoms with Crippen LogP contribution in [0.2, 0.25) is 0 Å². The highest BCUT2D eigenvalue weighted by atomic mass is 16.5. The third kappa shape index (κ3) is 4.78. The standard InChI is InChI=1S/C12H25NO3/c1-12(10-14,13-2)5-8-16-9-11-3-6-15-7-4-11/h11,13-14H,3-10H2,1-2H3. The average molecular weight is 231 g/mol. The van der Waals surface area contributed by atoms with Crippen molar-refractivity contribution in [1.29, 1.82) is 0 Å². The minimum Gasteiger partial charge on any atom is -0.394 e. The number of ether oxygens (including phenoxy) is 2. The van der Waals surface area contributed by atoms with Crippen molar-refractivity contribution in [2.45, 2.75) is 31.7 Å². The van der Waals surface area contributed by atoms with Gasteiger partial charge in [0.05, 0.1) is 6.61 Å². The van der Waals surface area contributed by atoms with Crippen LogP contribution in [0.15, 0.2) is 0 Å². The van der Waals surface area contributed by atoms with E-state index in [1.807, 2.05) is 14.0 Å². The lowest BCUT2D eigenvalue weighted by Gasteiger charge is -2.27. The molecule has 0 aromatic rings. The van der Waals surface area contributed by atoms with E-state index in [0.29, 0.717) is 12.5 Å². The van der Waals surface area contributed by atoms with E-state index >= 15 is 0 Å². The highest BCUT2D eigenvalue weighted by Crippen LogP contribution is 2.15. The predicted octanol–water partition coefficient (Wildman–Crippen LogP) is 0.790. The van der Waals surface area contributed by atoms with Crippen molar-refractivity contribution in [2.75, 3.05) is 40.1 Å². The van der Waals surface area contributed by atoms with Crippen molar-refractivity contribution in [3.63, 3.8) is 0 Å². The van der Waals surface area contributed by atoms with Crippen LogP contribution in [0.5, 0.6) is 0 Å². The molecule has 1 saturated heterocycles. The summed E-state index contributed by atoms with van der Waals surface area (Å²) < 4.78 is 11.0. The molecule has 4 heteroatoms. The Labute approximate surface area is 98.3 Å². The molecule has 0 amide bonds. The molecule has 1 atom stereocenters. The zero-order chi connectivity index (χ0) is 11.9. The van der Waals surface area contributed by atoms with E-state index in [0.717, 1.165) is 39.1 Å². The Morgan fingerprint density at radius 1 is 1.44 bits per heavy atom. The van der Waals surface area contributed by atoms with Crippen LogP contribution in [0.1, 0.15) is 26.2 Å². The summed E-state index contributed by atoms with van der Waals surface area (Å²) in [7, 11) is 1.87. The molecule has 16 heavy (non-hydrogen) atoms. The fourth-order valence-electron chi connectivity index (χ4n) is 1.74. The molecule has 0 aromatic carbocycles. The summed E-state index contributed by atoms with van der Waals surface area (Å²) in [6.45, 7) is 5.43. The number of aliphatic hydroxyl groups is 1. The largest absolute Gasteiger partial charge is 0.394 e. The van der Waals surface area contributed by atoms with Crippen LogP contribution >= 0.6 is 0 Å². The lowest BCUT2D eigenvalue weighted by molar-refractivity contribution is 0.0135. The number of rotatable bonds is 7. The molecule has 0 aliphatic carbocycles. The third-order valence-electron chi connectivity index (χ3n) is 3.45. The number of hydrogen-bond donors (Lipinski definition) is 2. The molecule has 1 fully saturated rings. The molecule has 0 radical (unpaired) electrons. The average Bonchev–Trinajstić information content (AvgIpc) is 2.36. The summed E-state index contributed by atoms with van der Waals surface area (Å²) in [6, 6.07) is 0. The van der Waals surface area contributed by atoms with Gasteiger partial charge in [0, 0.05) is 32.0 Å². The lowest BCUT2D eigenvalue weighted by atomic mass is 10.00. The normalized spacial score (nSPS) is 21.9. The van der Waals surface area contributed by atoms with Gasteiger partial charge in [0.15, 0.2) is 0 Å². The van der Waals surface area contributed by atoms with Gasteiger partial charge in [-0.25, -0.2) is 0 Å². The Morgan fingerprint density at radius 3 is 2.69 bits per heavy atom. The first-order valence-electron chi connectivity index (χ1n) is 6.15. The quantitative estimate of drug-likeness (QED) is 0.636. The first-order chi connectivity index (χ1) is 7.70. The third-order valence-corrected chi connectivity index (χ3v) is 3.45. The van der Waals surface area contributed by atoms with E-state index in [1.165, 1.54) is 0 Å². The molecular weight excluding hydrogens is 206 g/mol. The van der Waals surface area contributed by atoms with Gasteiger partial charge < -0.3 is 19.9 Å². The summed E-state index contributed by atoms with van der Waals surface area (Å²) >= 11 is 0. The van der Waals surface area contributed by atoms with Crippen molar-refractivity contribution in [3.8, 4) is 0 Å². The molecule has 1 unspecified atom stereocenters. The molecular formula is C12H25NO3. The lowest BCUT2D eigenvalue weighted by Crippen LogP contribution is -2.44. The van der Waals surface area contributed by atoms with Crippen LogP contribution in [-0.2, 0) is 9.47 Å². The Hall–Kier alpha value is -0.160. The SMILES string of the molecule is CNC(C)(CO)CCOCC1CCOCC1. The predicted molar refractivity (Wildman–Crippen MR) is 63.5 cm³/mol. The smallest absolute Gasteiger partial charge is 0.0611 e. The maximum atomic E-state index is 9.20. The van der Waals surface area contributed by atoms with Gasteiger partial charge in [0.25, 0.3) is 0 Å². The van der Waals surface area contributed by atoms with E-state index in [9.17, 15) is 5.11 Å². The summed E-state index contributed by atoms with van der Waals surface area (Å²) in [5.41, 5.74) is -0.213. The maximum Gasteiger partial charge on any atom is 0.0611 e. The molecule has 1 aliphatic rings. The van der Waals surface area contributed by atoms with Crippen molar-refractivity contribution in [3.05, 3.63) is 0 Å². The Morgan fingerprint density at radius 2 is 2.12 bits per heavy atom. The van der Waals surface area contributed by atoms with Gasteiger partial charge in [-0.3, -0.25) is 0 Å². The van der Waals surface area contributed by atoms with Crippen molar-refractivity contribution < 1.29 is 14.6 Å². The van der Waals surface area contributed by atoms with Crippen LogP contribution in [0, 0.1) is 5.92 Å². The van der Waals surface area contributed by atoms with Crippen LogP contribution in [0.3, 0.4) is 0 Å². The first kappa shape index (κ1) is 13.9. The van der Waals surface area contributed by atoms with Gasteiger partial charge in [-0.05, 0) is 39.2 Å². The first-order valence-corrected chi connectivity index (χ1v) is 6.15. The van der Waals surface area contributed by atoms with Crippen LogP contribution in [0.25, 0.3) is 0 Å². The zero-order valence-corrected chi connectivity index (χ0v) is 10.5. The summed E-state index contributed by atoms with van der Waals surface area (Å²) in [4.78, 5) is 0. The highest BCUT2D eigenvalue weighted by molar-refractivity contribution is 4.79. The molecule has 2 N–H and O–H groups in total. The summed E-state index contributed by atoms with van der Waals surface area (Å²) in [6.07, 6.45) is 3.07. The number of aliphatic hydroxyl groups excluding tert-OH is 1. The van der Waals surface area contributed by atoms with Gasteiger partial charge in [0.1, 0.15) is 0 Å². The molecule has 96 valence electrons. The van der Waals surface area contributed by atoms with Gasteiger partial charge in [-0.2, -0.15) is 0 Å². The molecule has 0 aromatic heterocycles. The van der Waals surface area contributed by atoms with Gasteiger partial charge >= 0.3 is 0 Å². The second kappa shape index (κ2) is 7.22. The number of hydrogen-bond acceptors (Lipinski definition) is 4. The second-order valence-electron chi connectivity index (χ2n) is 4.85. The highest BCUT2D eigenvalue weighted by Gasteiger charge is 2.20. The van der Waals surface area contributed by atoms with Crippen LogP contribution in [-0.4, -0.2) is 50.7 Å². The van der Waals surface area contributed by atoms with E-state index in [4.69, 9.17) is 9.47 Å². The van der Waals surface area contributed by atoms with Gasteiger partial charge in [-0.15, -0.1) is 0 Å². The molecule has 0 spiro atoms. The molecule has 1 rings (SSSR count). The minimum atomic E-state index is -0.213. The van der Waals surface area contributed by atoms with Crippen molar-refractivity contribution >= 4 is 0 Å². The molecule has 0 bridgehead atoms. The van der Waals surface area contributed by atoms with E-state index < -0.39 is 0 Å². The monoisotopic (exact) mass is 231 g/mol. The van der Waals surface area contributed by atoms with Crippen LogP contribution in [0.4, 0.5) is 0 Å². The Balaban J connectivity index is 2.06. The van der Waals surface area contributed by atoms with Gasteiger partial charge in [0.2, 0.25) is 0 Å². The fraction of sp³-hybridized carbons (Fsp3) is 1.00. The summed E-state index contributed by atoms with van der Waals surface area (Å²) in [5, 5.41) is 12.3. The van der Waals surface area contributed by atoms with E-state index in [1.54, 1.807) is 0 Å². The topological polar surface area (TPSA) is 50.7 Å². The van der Waals surface area contributed by atoms with Crippen molar-refractivity contribution in [1.82, 2.24) is 5.32 Å². The van der Waals surface area contributed by atoms with E-state index in [2.05, 4.69) is 5.32 Å². The maximum absolute atomic E-state index is 9.20. The number of nitrogens with one attached hydrogen (secondary N) is 1. The molecule has 0 saturated carbocycles. The number of likely N-dealkylation sites (N-methyl/N-ethyl adjacent to an activating group) is 1. The second-order valence-corrected chi connectivity index (χ2v) is 4.85. The Bertz CT molecular complexity index is 177. The zero-order valence-electron chi connectivity index (χ0n) is 10.5. The fourth-order valence-corrected chi connectivity index (χ4v) is 1.74. The molecule has 4 nitrogen and oxygen atoms in total. The summed E-state index contributed by atoms with van der Waals surface area (Å²) in [5.74, 6) is 0.656. The van der Waals surface area contributed by atoms with Gasteiger partial charge in [-0.1, -0.05) is 0 Å². The van der Waals surface area contributed by atoms with E-state index in [-0.39, 0.29) is 12.1 Å². The molecule has 1 heterocycles. The van der Waals surface area contributed by atoms with Crippen molar-refractivity contribution in [2.24, 2.45) is 5.92 Å². The Kier molecular flexibility index (Phi) is 6.28. The molecule has 1 aliphatic heterocycles. The van der Waals surface area contributed by atoms with Crippen LogP contribution < -0.4 is 5.32 Å².